The summed E-state index contributed by atoms with van der Waals surface area (Å²) in [6, 6.07) is 16.2. The molecule has 0 saturated heterocycles. The predicted molar refractivity (Wildman–Crippen MR) is 85.5 cm³/mol. The SMILES string of the molecule is CC(N)(C(=O)Nc1cc(Br)ccc1C#N)c1ccccc1. The Labute approximate surface area is 131 Å². The molecule has 1 amide bonds. The molecule has 2 rings (SSSR count). The van der Waals surface area contributed by atoms with Crippen LogP contribution in [0.15, 0.2) is 53.0 Å². The summed E-state index contributed by atoms with van der Waals surface area (Å²) >= 11 is 3.32. The summed E-state index contributed by atoms with van der Waals surface area (Å²) in [4.78, 5) is 12.5. The van der Waals surface area contributed by atoms with Gasteiger partial charge in [0.15, 0.2) is 0 Å². The maximum absolute atomic E-state index is 12.5. The normalized spacial score (nSPS) is 13.0. The Morgan fingerprint density at radius 1 is 1.29 bits per heavy atom. The second-order valence-corrected chi connectivity index (χ2v) is 5.74. The van der Waals surface area contributed by atoms with E-state index in [1.54, 1.807) is 37.3 Å². The van der Waals surface area contributed by atoms with Gasteiger partial charge in [-0.2, -0.15) is 5.26 Å². The van der Waals surface area contributed by atoms with Crippen LogP contribution in [0.5, 0.6) is 0 Å². The Hall–Kier alpha value is -2.16. The van der Waals surface area contributed by atoms with E-state index >= 15 is 0 Å². The van der Waals surface area contributed by atoms with Crippen LogP contribution in [-0.2, 0) is 10.3 Å². The number of amides is 1. The first kappa shape index (κ1) is 15.2. The molecule has 1 unspecified atom stereocenters. The van der Waals surface area contributed by atoms with Crippen LogP contribution in [0.1, 0.15) is 18.1 Å². The molecule has 21 heavy (non-hydrogen) atoms. The molecule has 0 heterocycles. The van der Waals surface area contributed by atoms with Crippen LogP contribution in [0, 0.1) is 11.3 Å². The van der Waals surface area contributed by atoms with Crippen LogP contribution in [0.25, 0.3) is 0 Å². The fourth-order valence-corrected chi connectivity index (χ4v) is 2.25. The first-order chi connectivity index (χ1) is 9.95. The molecule has 0 aliphatic heterocycles. The quantitative estimate of drug-likeness (QED) is 0.898. The number of halogens is 1. The number of nitrogens with one attached hydrogen (secondary N) is 1. The Morgan fingerprint density at radius 3 is 2.57 bits per heavy atom. The molecule has 0 spiro atoms. The highest BCUT2D eigenvalue weighted by Crippen LogP contribution is 2.24. The maximum Gasteiger partial charge on any atom is 0.248 e. The predicted octanol–water partition coefficient (Wildman–Crippen LogP) is 3.13. The standard InChI is InChI=1S/C16H14BrN3O/c1-16(19,12-5-3-2-4-6-12)15(21)20-14-9-13(17)8-7-11(14)10-18/h2-9H,19H2,1H3,(H,20,21). The number of nitrogens with zero attached hydrogens (tertiary/aromatic N) is 1. The highest BCUT2D eigenvalue weighted by Gasteiger charge is 2.30. The van der Waals surface area contributed by atoms with Gasteiger partial charge in [0.1, 0.15) is 11.6 Å². The molecule has 0 aliphatic rings. The van der Waals surface area contributed by atoms with Gasteiger partial charge in [0.05, 0.1) is 11.3 Å². The minimum absolute atomic E-state index is 0.372. The van der Waals surface area contributed by atoms with Crippen LogP contribution < -0.4 is 11.1 Å². The van der Waals surface area contributed by atoms with Gasteiger partial charge in [-0.1, -0.05) is 46.3 Å². The van der Waals surface area contributed by atoms with Crippen LogP contribution in [0.3, 0.4) is 0 Å². The number of hydrogen-bond donors (Lipinski definition) is 2. The molecule has 3 N–H and O–H groups in total. The van der Waals surface area contributed by atoms with Crippen LogP contribution >= 0.6 is 15.9 Å². The van der Waals surface area contributed by atoms with Gasteiger partial charge in [-0.25, -0.2) is 0 Å². The smallest absolute Gasteiger partial charge is 0.248 e. The third-order valence-electron chi connectivity index (χ3n) is 3.20. The molecule has 2 aromatic rings. The molecule has 0 radical (unpaired) electrons. The number of nitrogens with two attached hydrogens (primary N) is 1. The van der Waals surface area contributed by atoms with Gasteiger partial charge in [-0.3, -0.25) is 4.79 Å². The van der Waals surface area contributed by atoms with E-state index in [0.717, 1.165) is 4.47 Å². The van der Waals surface area contributed by atoms with E-state index in [1.807, 2.05) is 24.3 Å². The monoisotopic (exact) mass is 343 g/mol. The summed E-state index contributed by atoms with van der Waals surface area (Å²) < 4.78 is 0.773. The molecule has 0 aliphatic carbocycles. The van der Waals surface area contributed by atoms with E-state index in [4.69, 9.17) is 11.0 Å². The molecule has 0 fully saturated rings. The first-order valence-electron chi connectivity index (χ1n) is 6.30. The topological polar surface area (TPSA) is 78.9 Å². The van der Waals surface area contributed by atoms with Gasteiger partial charge in [-0.05, 0) is 30.7 Å². The van der Waals surface area contributed by atoms with Crippen molar-refractivity contribution in [2.24, 2.45) is 5.73 Å². The molecular formula is C16H14BrN3O. The third kappa shape index (κ3) is 3.30. The van der Waals surface area contributed by atoms with Crippen molar-refractivity contribution in [3.63, 3.8) is 0 Å². The zero-order valence-corrected chi connectivity index (χ0v) is 13.0. The molecule has 0 aromatic heterocycles. The average molecular weight is 344 g/mol. The van der Waals surface area contributed by atoms with Gasteiger partial charge >= 0.3 is 0 Å². The molecule has 2 aromatic carbocycles. The summed E-state index contributed by atoms with van der Waals surface area (Å²) in [6.45, 7) is 1.64. The van der Waals surface area contributed by atoms with Crippen LogP contribution in [0.2, 0.25) is 0 Å². The molecule has 1 atom stereocenters. The average Bonchev–Trinajstić information content (AvgIpc) is 2.48. The molecule has 0 saturated carbocycles. The zero-order chi connectivity index (χ0) is 15.5. The molecule has 0 bridgehead atoms. The van der Waals surface area contributed by atoms with E-state index < -0.39 is 5.54 Å². The lowest BCUT2D eigenvalue weighted by atomic mass is 9.92. The van der Waals surface area contributed by atoms with E-state index in [1.165, 1.54) is 0 Å². The number of benzene rings is 2. The second kappa shape index (κ2) is 6.08. The number of carbonyl (C=O) groups excluding carboxylic acids is 1. The fraction of sp³-hybridized carbons (Fsp3) is 0.125. The highest BCUT2D eigenvalue weighted by molar-refractivity contribution is 9.10. The van der Waals surface area contributed by atoms with Gasteiger partial charge in [0.25, 0.3) is 0 Å². The molecule has 106 valence electrons. The summed E-state index contributed by atoms with van der Waals surface area (Å²) in [7, 11) is 0. The van der Waals surface area contributed by atoms with Gasteiger partial charge in [-0.15, -0.1) is 0 Å². The Bertz CT molecular complexity index is 705. The largest absolute Gasteiger partial charge is 0.323 e. The van der Waals surface area contributed by atoms with Crippen molar-refractivity contribution >= 4 is 27.5 Å². The van der Waals surface area contributed by atoms with Gasteiger partial charge in [0, 0.05) is 4.47 Å². The summed E-state index contributed by atoms with van der Waals surface area (Å²) in [5, 5.41) is 11.8. The van der Waals surface area contributed by atoms with Crippen molar-refractivity contribution in [1.82, 2.24) is 0 Å². The van der Waals surface area contributed by atoms with Gasteiger partial charge < -0.3 is 11.1 Å². The molecule has 5 heteroatoms. The lowest BCUT2D eigenvalue weighted by Gasteiger charge is -2.24. The summed E-state index contributed by atoms with van der Waals surface area (Å²) in [5.74, 6) is -0.372. The number of anilines is 1. The van der Waals surface area contributed by atoms with E-state index in [2.05, 4.69) is 21.2 Å². The van der Waals surface area contributed by atoms with Crippen LogP contribution in [0.4, 0.5) is 5.69 Å². The van der Waals surface area contributed by atoms with Crippen LogP contribution in [-0.4, -0.2) is 5.91 Å². The first-order valence-corrected chi connectivity index (χ1v) is 7.10. The fourth-order valence-electron chi connectivity index (χ4n) is 1.89. The van der Waals surface area contributed by atoms with Crippen molar-refractivity contribution in [1.29, 1.82) is 5.26 Å². The lowest BCUT2D eigenvalue weighted by Crippen LogP contribution is -2.45. The van der Waals surface area contributed by atoms with Crippen molar-refractivity contribution in [3.05, 3.63) is 64.1 Å². The Balaban J connectivity index is 2.30. The summed E-state index contributed by atoms with van der Waals surface area (Å²) in [6.07, 6.45) is 0. The van der Waals surface area contributed by atoms with Gasteiger partial charge in [0.2, 0.25) is 5.91 Å². The number of carbonyl (C=O) groups is 1. The number of hydrogen-bond acceptors (Lipinski definition) is 3. The minimum Gasteiger partial charge on any atom is -0.323 e. The van der Waals surface area contributed by atoms with Crippen molar-refractivity contribution in [2.75, 3.05) is 5.32 Å². The highest BCUT2D eigenvalue weighted by atomic mass is 79.9. The summed E-state index contributed by atoms with van der Waals surface area (Å²) in [5.41, 5.74) is 6.49. The molecular weight excluding hydrogens is 330 g/mol. The van der Waals surface area contributed by atoms with Crippen molar-refractivity contribution < 1.29 is 4.79 Å². The number of nitriles is 1. The lowest BCUT2D eigenvalue weighted by molar-refractivity contribution is -0.120. The minimum atomic E-state index is -1.18. The molecule has 4 nitrogen and oxygen atoms in total. The van der Waals surface area contributed by atoms with E-state index in [9.17, 15) is 4.79 Å². The van der Waals surface area contributed by atoms with Crippen molar-refractivity contribution in [2.45, 2.75) is 12.5 Å². The Kier molecular flexibility index (Phi) is 4.41. The second-order valence-electron chi connectivity index (χ2n) is 4.82. The Morgan fingerprint density at radius 2 is 1.95 bits per heavy atom. The maximum atomic E-state index is 12.5. The third-order valence-corrected chi connectivity index (χ3v) is 3.69. The van der Waals surface area contributed by atoms with Crippen molar-refractivity contribution in [3.8, 4) is 6.07 Å². The zero-order valence-electron chi connectivity index (χ0n) is 11.4. The van der Waals surface area contributed by atoms with E-state index in [-0.39, 0.29) is 5.91 Å². The van der Waals surface area contributed by atoms with E-state index in [0.29, 0.717) is 16.8 Å². The number of rotatable bonds is 3.